The Balaban J connectivity index is 2.16. The zero-order valence-corrected chi connectivity index (χ0v) is 11.8. The van der Waals surface area contributed by atoms with Crippen molar-refractivity contribution in [2.24, 2.45) is 0 Å². The normalized spacial score (nSPS) is 15.5. The van der Waals surface area contributed by atoms with Crippen molar-refractivity contribution in [1.29, 1.82) is 5.26 Å². The molecule has 0 amide bonds. The van der Waals surface area contributed by atoms with E-state index >= 15 is 0 Å². The van der Waals surface area contributed by atoms with E-state index in [1.807, 2.05) is 12.1 Å². The monoisotopic (exact) mass is 290 g/mol. The van der Waals surface area contributed by atoms with Gasteiger partial charge in [-0.1, -0.05) is 6.07 Å². The van der Waals surface area contributed by atoms with Crippen molar-refractivity contribution >= 4 is 22.6 Å². The van der Waals surface area contributed by atoms with Crippen molar-refractivity contribution in [3.05, 3.63) is 29.6 Å². The van der Waals surface area contributed by atoms with E-state index in [2.05, 4.69) is 20.7 Å². The highest BCUT2D eigenvalue weighted by Gasteiger charge is 2.19. The maximum Gasteiger partial charge on any atom is 0.130 e. The minimum absolute atomic E-state index is 0.509. The van der Waals surface area contributed by atoms with E-state index in [0.717, 1.165) is 29.9 Å². The van der Waals surface area contributed by atoms with Gasteiger partial charge in [-0.25, -0.2) is 9.66 Å². The number of aryl methyl sites for hydroxylation is 1. The van der Waals surface area contributed by atoms with Crippen LogP contribution in [0.25, 0.3) is 11.0 Å². The molecule has 1 aliphatic rings. The Morgan fingerprint density at radius 2 is 2.15 bits per heavy atom. The third-order valence-electron chi connectivity index (χ3n) is 3.44. The van der Waals surface area contributed by atoms with E-state index in [1.165, 1.54) is 0 Å². The molecule has 0 aliphatic carbocycles. The van der Waals surface area contributed by atoms with E-state index in [1.54, 1.807) is 6.07 Å². The summed E-state index contributed by atoms with van der Waals surface area (Å²) in [5, 5.41) is 11.4. The molecule has 0 spiro atoms. The summed E-state index contributed by atoms with van der Waals surface area (Å²) in [5.41, 5.74) is 2.32. The summed E-state index contributed by atoms with van der Waals surface area (Å²) in [6.45, 7) is 3.05. The lowest BCUT2D eigenvalue weighted by Gasteiger charge is -2.31. The fraction of sp³-hybridized carbons (Fsp3) is 0.429. The Kier molecular flexibility index (Phi) is 3.77. The number of fused-ring (bicyclic) bond motifs is 1. The Bertz CT molecular complexity index is 655. The number of nitrogens with zero attached hydrogens (tertiary/aromatic N) is 4. The van der Waals surface area contributed by atoms with Gasteiger partial charge in [-0.05, 0) is 12.1 Å². The second-order valence-corrected chi connectivity index (χ2v) is 5.01. The van der Waals surface area contributed by atoms with E-state index < -0.39 is 0 Å². The zero-order chi connectivity index (χ0) is 13.9. The summed E-state index contributed by atoms with van der Waals surface area (Å²) in [5.74, 6) is 1.41. The van der Waals surface area contributed by atoms with Gasteiger partial charge in [0.15, 0.2) is 0 Å². The maximum absolute atomic E-state index is 9.22. The lowest BCUT2D eigenvalue weighted by molar-refractivity contribution is 0.111. The Labute approximate surface area is 122 Å². The molecule has 1 saturated heterocycles. The molecular formula is C14H15ClN4O. The number of hydrogen-bond acceptors (Lipinski definition) is 4. The van der Waals surface area contributed by atoms with Crippen LogP contribution < -0.4 is 5.01 Å². The Hall–Kier alpha value is -1.77. The Morgan fingerprint density at radius 1 is 1.35 bits per heavy atom. The molecule has 3 rings (SSSR count). The van der Waals surface area contributed by atoms with Crippen molar-refractivity contribution in [3.8, 4) is 6.07 Å². The number of ether oxygens (including phenoxy) is 1. The number of imidazole rings is 1. The number of nitriles is 1. The van der Waals surface area contributed by atoms with Gasteiger partial charge in [-0.15, -0.1) is 11.6 Å². The van der Waals surface area contributed by atoms with Crippen molar-refractivity contribution in [2.75, 3.05) is 37.2 Å². The molecule has 2 aromatic rings. The molecule has 1 aromatic carbocycles. The van der Waals surface area contributed by atoms with Gasteiger partial charge >= 0.3 is 0 Å². The van der Waals surface area contributed by atoms with Crippen LogP contribution in [0.3, 0.4) is 0 Å². The molecule has 20 heavy (non-hydrogen) atoms. The first kappa shape index (κ1) is 13.2. The topological polar surface area (TPSA) is 54.1 Å². The van der Waals surface area contributed by atoms with E-state index in [9.17, 15) is 5.26 Å². The average Bonchev–Trinajstić information content (AvgIpc) is 2.86. The molecule has 2 heterocycles. The standard InChI is InChI=1S/C14H15ClN4O/c15-5-4-13-17-14-11(10-16)2-1-3-12(14)19(13)18-6-8-20-9-7-18/h1-3H,4-9H2. The molecule has 0 bridgehead atoms. The minimum atomic E-state index is 0.509. The van der Waals surface area contributed by atoms with Crippen LogP contribution in [-0.2, 0) is 11.2 Å². The number of halogens is 1. The van der Waals surface area contributed by atoms with Crippen molar-refractivity contribution in [1.82, 2.24) is 9.66 Å². The van der Waals surface area contributed by atoms with Crippen LogP contribution >= 0.6 is 11.6 Å². The molecular weight excluding hydrogens is 276 g/mol. The molecule has 6 heteroatoms. The van der Waals surface area contributed by atoms with Crippen LogP contribution in [0.5, 0.6) is 0 Å². The number of hydrogen-bond donors (Lipinski definition) is 0. The second-order valence-electron chi connectivity index (χ2n) is 4.63. The predicted molar refractivity (Wildman–Crippen MR) is 77.6 cm³/mol. The first-order valence-corrected chi connectivity index (χ1v) is 7.18. The molecule has 1 aliphatic heterocycles. The first-order valence-electron chi connectivity index (χ1n) is 6.64. The molecule has 5 nitrogen and oxygen atoms in total. The molecule has 0 saturated carbocycles. The third-order valence-corrected chi connectivity index (χ3v) is 3.63. The smallest absolute Gasteiger partial charge is 0.130 e. The predicted octanol–water partition coefficient (Wildman–Crippen LogP) is 1.66. The highest BCUT2D eigenvalue weighted by Crippen LogP contribution is 2.21. The quantitative estimate of drug-likeness (QED) is 0.807. The minimum Gasteiger partial charge on any atom is -0.378 e. The number of benzene rings is 1. The van der Waals surface area contributed by atoms with Crippen LogP contribution in [-0.4, -0.2) is 41.8 Å². The summed E-state index contributed by atoms with van der Waals surface area (Å²) in [6, 6.07) is 7.89. The fourth-order valence-electron chi connectivity index (χ4n) is 2.54. The largest absolute Gasteiger partial charge is 0.378 e. The van der Waals surface area contributed by atoms with E-state index in [4.69, 9.17) is 16.3 Å². The zero-order valence-electron chi connectivity index (χ0n) is 11.0. The average molecular weight is 291 g/mol. The summed E-state index contributed by atoms with van der Waals surface area (Å²) in [4.78, 5) is 4.62. The molecule has 0 unspecified atom stereocenters. The summed E-state index contributed by atoms with van der Waals surface area (Å²) in [7, 11) is 0. The van der Waals surface area contributed by atoms with Gasteiger partial charge in [0.05, 0.1) is 37.4 Å². The van der Waals surface area contributed by atoms with Crippen LogP contribution in [0.4, 0.5) is 0 Å². The van der Waals surface area contributed by atoms with Gasteiger partial charge in [0.2, 0.25) is 0 Å². The van der Waals surface area contributed by atoms with Crippen molar-refractivity contribution in [2.45, 2.75) is 6.42 Å². The molecule has 1 fully saturated rings. The first-order chi connectivity index (χ1) is 9.85. The van der Waals surface area contributed by atoms with E-state index in [-0.39, 0.29) is 0 Å². The van der Waals surface area contributed by atoms with Crippen LogP contribution in [0.1, 0.15) is 11.4 Å². The van der Waals surface area contributed by atoms with Gasteiger partial charge in [0, 0.05) is 12.3 Å². The van der Waals surface area contributed by atoms with Gasteiger partial charge < -0.3 is 9.75 Å². The lowest BCUT2D eigenvalue weighted by atomic mass is 10.2. The van der Waals surface area contributed by atoms with Gasteiger partial charge in [-0.2, -0.15) is 5.26 Å². The van der Waals surface area contributed by atoms with E-state index in [0.29, 0.717) is 31.1 Å². The lowest BCUT2D eigenvalue weighted by Crippen LogP contribution is -2.44. The molecule has 0 radical (unpaired) electrons. The molecule has 1 aromatic heterocycles. The molecule has 104 valence electrons. The SMILES string of the molecule is N#Cc1cccc2c1nc(CCCl)n2N1CCOCC1. The third kappa shape index (κ3) is 2.21. The Morgan fingerprint density at radius 3 is 2.85 bits per heavy atom. The summed E-state index contributed by atoms with van der Waals surface area (Å²) >= 11 is 5.89. The fourth-order valence-corrected chi connectivity index (χ4v) is 2.71. The highest BCUT2D eigenvalue weighted by molar-refractivity contribution is 6.17. The summed E-state index contributed by atoms with van der Waals surface area (Å²) in [6.07, 6.45) is 0.679. The number of para-hydroxylation sites is 1. The van der Waals surface area contributed by atoms with Gasteiger partial charge in [-0.3, -0.25) is 0 Å². The number of alkyl halides is 1. The number of rotatable bonds is 3. The second kappa shape index (κ2) is 5.70. The van der Waals surface area contributed by atoms with Crippen LogP contribution in [0.2, 0.25) is 0 Å². The van der Waals surface area contributed by atoms with Crippen molar-refractivity contribution in [3.63, 3.8) is 0 Å². The number of morpholine rings is 1. The van der Waals surface area contributed by atoms with Gasteiger partial charge in [0.1, 0.15) is 17.4 Å². The molecule has 0 N–H and O–H groups in total. The van der Waals surface area contributed by atoms with Crippen molar-refractivity contribution < 1.29 is 4.74 Å². The van der Waals surface area contributed by atoms with Crippen LogP contribution in [0.15, 0.2) is 18.2 Å². The molecule has 0 atom stereocenters. The maximum atomic E-state index is 9.22. The van der Waals surface area contributed by atoms with Gasteiger partial charge in [0.25, 0.3) is 0 Å². The highest BCUT2D eigenvalue weighted by atomic mass is 35.5. The van der Waals surface area contributed by atoms with Crippen LogP contribution in [0, 0.1) is 11.3 Å². The summed E-state index contributed by atoms with van der Waals surface area (Å²) < 4.78 is 7.50. The number of aromatic nitrogens is 2.